The van der Waals surface area contributed by atoms with Crippen LogP contribution in [-0.4, -0.2) is 19.0 Å². The molecule has 4 heteroatoms. The first-order valence-corrected chi connectivity index (χ1v) is 4.76. The molecule has 1 amide bonds. The zero-order chi connectivity index (χ0) is 11.4. The second-order valence-corrected chi connectivity index (χ2v) is 3.51. The smallest absolute Gasteiger partial charge is 0.237 e. The molecule has 1 atom stereocenters. The molecule has 15 heavy (non-hydrogen) atoms. The molecule has 0 saturated heterocycles. The van der Waals surface area contributed by atoms with Crippen LogP contribution in [0.5, 0.6) is 0 Å². The van der Waals surface area contributed by atoms with Crippen molar-refractivity contribution in [1.82, 2.24) is 5.32 Å². The Bertz CT molecular complexity index is 366. The van der Waals surface area contributed by atoms with Gasteiger partial charge in [-0.25, -0.2) is 4.39 Å². The van der Waals surface area contributed by atoms with Gasteiger partial charge in [0, 0.05) is 7.05 Å². The van der Waals surface area contributed by atoms with Gasteiger partial charge in [0.15, 0.2) is 0 Å². The highest BCUT2D eigenvalue weighted by Crippen LogP contribution is 2.10. The Morgan fingerprint density at radius 3 is 2.80 bits per heavy atom. The van der Waals surface area contributed by atoms with Crippen LogP contribution in [0.4, 0.5) is 4.39 Å². The van der Waals surface area contributed by atoms with Gasteiger partial charge in [0.25, 0.3) is 0 Å². The van der Waals surface area contributed by atoms with Crippen LogP contribution in [0.15, 0.2) is 18.2 Å². The summed E-state index contributed by atoms with van der Waals surface area (Å²) in [6, 6.07) is 4.16. The molecule has 0 aliphatic heterocycles. The molecule has 0 heterocycles. The first kappa shape index (κ1) is 11.7. The molecule has 0 saturated carbocycles. The van der Waals surface area contributed by atoms with Crippen LogP contribution < -0.4 is 11.1 Å². The van der Waals surface area contributed by atoms with Gasteiger partial charge in [-0.05, 0) is 30.5 Å². The zero-order valence-electron chi connectivity index (χ0n) is 8.88. The van der Waals surface area contributed by atoms with Crippen LogP contribution >= 0.6 is 0 Å². The molecule has 3 nitrogen and oxygen atoms in total. The van der Waals surface area contributed by atoms with Crippen molar-refractivity contribution < 1.29 is 9.18 Å². The first-order chi connectivity index (χ1) is 7.04. The van der Waals surface area contributed by atoms with Crippen molar-refractivity contribution in [2.75, 3.05) is 7.05 Å². The maximum atomic E-state index is 13.0. The number of carbonyl (C=O) groups is 1. The van der Waals surface area contributed by atoms with E-state index in [1.165, 1.54) is 13.1 Å². The van der Waals surface area contributed by atoms with Gasteiger partial charge in [-0.15, -0.1) is 0 Å². The molecule has 0 radical (unpaired) electrons. The molecule has 3 N–H and O–H groups in total. The van der Waals surface area contributed by atoms with Crippen molar-refractivity contribution in [2.24, 2.45) is 5.73 Å². The minimum Gasteiger partial charge on any atom is -0.358 e. The third-order valence-electron chi connectivity index (χ3n) is 2.26. The van der Waals surface area contributed by atoms with Gasteiger partial charge >= 0.3 is 0 Å². The van der Waals surface area contributed by atoms with E-state index in [1.54, 1.807) is 19.1 Å². The lowest BCUT2D eigenvalue weighted by Gasteiger charge is -2.10. The average Bonchev–Trinajstić information content (AvgIpc) is 2.22. The number of rotatable bonds is 3. The van der Waals surface area contributed by atoms with Crippen molar-refractivity contribution in [1.29, 1.82) is 0 Å². The van der Waals surface area contributed by atoms with Gasteiger partial charge < -0.3 is 11.1 Å². The molecular formula is C11H15FN2O. The van der Waals surface area contributed by atoms with E-state index in [4.69, 9.17) is 5.73 Å². The van der Waals surface area contributed by atoms with Gasteiger partial charge in [-0.2, -0.15) is 0 Å². The van der Waals surface area contributed by atoms with Crippen LogP contribution in [-0.2, 0) is 11.2 Å². The molecule has 1 aromatic carbocycles. The number of amides is 1. The summed E-state index contributed by atoms with van der Waals surface area (Å²) < 4.78 is 13.0. The predicted octanol–water partition coefficient (Wildman–Crippen LogP) is 0.750. The lowest BCUT2D eigenvalue weighted by atomic mass is 10.0. The Morgan fingerprint density at radius 2 is 2.27 bits per heavy atom. The highest BCUT2D eigenvalue weighted by Gasteiger charge is 2.12. The maximum Gasteiger partial charge on any atom is 0.237 e. The summed E-state index contributed by atoms with van der Waals surface area (Å²) in [4.78, 5) is 11.2. The molecule has 0 aromatic heterocycles. The van der Waals surface area contributed by atoms with Crippen molar-refractivity contribution in [3.05, 3.63) is 35.1 Å². The maximum absolute atomic E-state index is 13.0. The van der Waals surface area contributed by atoms with Crippen LogP contribution in [0, 0.1) is 12.7 Å². The van der Waals surface area contributed by atoms with Crippen molar-refractivity contribution in [2.45, 2.75) is 19.4 Å². The van der Waals surface area contributed by atoms with E-state index in [0.29, 0.717) is 12.0 Å². The monoisotopic (exact) mass is 210 g/mol. The quantitative estimate of drug-likeness (QED) is 0.773. The lowest BCUT2D eigenvalue weighted by molar-refractivity contribution is -0.121. The summed E-state index contributed by atoms with van der Waals surface area (Å²) in [5, 5.41) is 2.47. The molecule has 0 fully saturated rings. The number of halogens is 1. The number of likely N-dealkylation sites (N-methyl/N-ethyl adjacent to an activating group) is 1. The highest BCUT2D eigenvalue weighted by atomic mass is 19.1. The zero-order valence-corrected chi connectivity index (χ0v) is 8.88. The van der Waals surface area contributed by atoms with Crippen molar-refractivity contribution in [3.63, 3.8) is 0 Å². The number of carbonyl (C=O) groups excluding carboxylic acids is 1. The normalized spacial score (nSPS) is 12.3. The highest BCUT2D eigenvalue weighted by molar-refractivity contribution is 5.81. The Morgan fingerprint density at radius 1 is 1.60 bits per heavy atom. The minimum absolute atomic E-state index is 0.211. The SMILES string of the molecule is CNC(=O)C(N)Cc1ccc(F)c(C)c1. The third kappa shape index (κ3) is 3.02. The first-order valence-electron chi connectivity index (χ1n) is 4.76. The van der Waals surface area contributed by atoms with E-state index < -0.39 is 6.04 Å². The number of hydrogen-bond donors (Lipinski definition) is 2. The van der Waals surface area contributed by atoms with E-state index >= 15 is 0 Å². The number of aryl methyl sites for hydroxylation is 1. The summed E-state index contributed by atoms with van der Waals surface area (Å²) in [7, 11) is 1.54. The Kier molecular flexibility index (Phi) is 3.80. The standard InChI is InChI=1S/C11H15FN2O/c1-7-5-8(3-4-9(7)12)6-10(13)11(15)14-2/h3-5,10H,6,13H2,1-2H3,(H,14,15). The predicted molar refractivity (Wildman–Crippen MR) is 56.9 cm³/mol. The molecule has 0 spiro atoms. The Labute approximate surface area is 88.5 Å². The average molecular weight is 210 g/mol. The molecule has 0 bridgehead atoms. The number of hydrogen-bond acceptors (Lipinski definition) is 2. The fourth-order valence-corrected chi connectivity index (χ4v) is 1.37. The van der Waals surface area contributed by atoms with Crippen LogP contribution in [0.25, 0.3) is 0 Å². The summed E-state index contributed by atoms with van der Waals surface area (Å²) in [6.45, 7) is 1.68. The van der Waals surface area contributed by atoms with Crippen LogP contribution in [0.1, 0.15) is 11.1 Å². The number of nitrogens with one attached hydrogen (secondary N) is 1. The largest absolute Gasteiger partial charge is 0.358 e. The number of benzene rings is 1. The van der Waals surface area contributed by atoms with E-state index in [2.05, 4.69) is 5.32 Å². The van der Waals surface area contributed by atoms with E-state index in [9.17, 15) is 9.18 Å². The molecule has 82 valence electrons. The third-order valence-corrected chi connectivity index (χ3v) is 2.26. The lowest BCUT2D eigenvalue weighted by Crippen LogP contribution is -2.40. The fourth-order valence-electron chi connectivity index (χ4n) is 1.37. The minimum atomic E-state index is -0.583. The van der Waals surface area contributed by atoms with E-state index in [1.807, 2.05) is 0 Å². The summed E-state index contributed by atoms with van der Waals surface area (Å²) in [6.07, 6.45) is 0.417. The van der Waals surface area contributed by atoms with Crippen molar-refractivity contribution in [3.8, 4) is 0 Å². The van der Waals surface area contributed by atoms with Gasteiger partial charge in [-0.1, -0.05) is 12.1 Å². The van der Waals surface area contributed by atoms with Gasteiger partial charge in [-0.3, -0.25) is 4.79 Å². The second-order valence-electron chi connectivity index (χ2n) is 3.51. The molecule has 0 aliphatic carbocycles. The molecule has 1 aromatic rings. The van der Waals surface area contributed by atoms with Gasteiger partial charge in [0.05, 0.1) is 6.04 Å². The fraction of sp³-hybridized carbons (Fsp3) is 0.364. The van der Waals surface area contributed by atoms with Gasteiger partial charge in [0.2, 0.25) is 5.91 Å². The molecule has 1 rings (SSSR count). The molecule has 0 aliphatic rings. The van der Waals surface area contributed by atoms with Gasteiger partial charge in [0.1, 0.15) is 5.82 Å². The van der Waals surface area contributed by atoms with Crippen LogP contribution in [0.2, 0.25) is 0 Å². The number of nitrogens with two attached hydrogens (primary N) is 1. The van der Waals surface area contributed by atoms with E-state index in [0.717, 1.165) is 5.56 Å². The summed E-state index contributed by atoms with van der Waals surface area (Å²) in [5.41, 5.74) is 7.07. The Balaban J connectivity index is 2.73. The topological polar surface area (TPSA) is 55.1 Å². The summed E-state index contributed by atoms with van der Waals surface area (Å²) in [5.74, 6) is -0.454. The Hall–Kier alpha value is -1.42. The molecule has 1 unspecified atom stereocenters. The van der Waals surface area contributed by atoms with E-state index in [-0.39, 0.29) is 11.7 Å². The summed E-state index contributed by atoms with van der Waals surface area (Å²) >= 11 is 0. The molecular weight excluding hydrogens is 195 g/mol. The second kappa shape index (κ2) is 4.89. The van der Waals surface area contributed by atoms with Crippen LogP contribution in [0.3, 0.4) is 0 Å². The van der Waals surface area contributed by atoms with Crippen molar-refractivity contribution >= 4 is 5.91 Å².